The van der Waals surface area contributed by atoms with Crippen molar-refractivity contribution in [1.29, 1.82) is 0 Å². The Morgan fingerprint density at radius 3 is 3.12 bits per heavy atom. The largest absolute Gasteiger partial charge is 0.491 e. The topological polar surface area (TPSA) is 58.6 Å². The van der Waals surface area contributed by atoms with E-state index in [0.29, 0.717) is 19.6 Å². The summed E-state index contributed by atoms with van der Waals surface area (Å²) in [6.45, 7) is 1.33. The van der Waals surface area contributed by atoms with Crippen molar-refractivity contribution in [3.05, 3.63) is 29.8 Å². The minimum atomic E-state index is -0.745. The maximum atomic E-state index is 10.3. The lowest BCUT2D eigenvalue weighted by Crippen LogP contribution is -2.23. The Balaban J connectivity index is 1.82. The van der Waals surface area contributed by atoms with E-state index >= 15 is 0 Å². The van der Waals surface area contributed by atoms with Crippen LogP contribution in [-0.2, 0) is 4.79 Å². The third-order valence-corrected chi connectivity index (χ3v) is 2.66. The van der Waals surface area contributed by atoms with Crippen LogP contribution >= 0.6 is 0 Å². The number of carboxylic acid groups (broad SMARTS) is 1. The number of rotatable bonds is 5. The number of benzene rings is 1. The van der Waals surface area contributed by atoms with E-state index in [1.54, 1.807) is 0 Å². The first kappa shape index (κ1) is 11.0. The standard InChI is InChI=1S/C12H15NO3/c14-12(15)6-3-7-13-10-8-16-11-5-2-1-4-9(10)11/h1-2,4-5,10,13H,3,6-8H2,(H,14,15). The van der Waals surface area contributed by atoms with Crippen LogP contribution in [0, 0.1) is 0 Å². The van der Waals surface area contributed by atoms with Gasteiger partial charge in [0, 0.05) is 12.0 Å². The SMILES string of the molecule is O=C(O)CCCNC1COc2ccccc21. The molecule has 0 aromatic heterocycles. The van der Waals surface area contributed by atoms with Gasteiger partial charge in [-0.15, -0.1) is 0 Å². The van der Waals surface area contributed by atoms with Crippen molar-refractivity contribution < 1.29 is 14.6 Å². The molecule has 1 unspecified atom stereocenters. The number of hydrogen-bond acceptors (Lipinski definition) is 3. The minimum absolute atomic E-state index is 0.199. The van der Waals surface area contributed by atoms with Crippen LogP contribution in [-0.4, -0.2) is 24.2 Å². The minimum Gasteiger partial charge on any atom is -0.491 e. The van der Waals surface area contributed by atoms with E-state index in [9.17, 15) is 4.79 Å². The summed E-state index contributed by atoms with van der Waals surface area (Å²) in [6.07, 6.45) is 0.857. The molecule has 0 aliphatic carbocycles. The van der Waals surface area contributed by atoms with E-state index in [1.807, 2.05) is 24.3 Å². The second kappa shape index (κ2) is 4.99. The van der Waals surface area contributed by atoms with E-state index < -0.39 is 5.97 Å². The van der Waals surface area contributed by atoms with Crippen molar-refractivity contribution in [1.82, 2.24) is 5.32 Å². The Morgan fingerprint density at radius 1 is 1.50 bits per heavy atom. The predicted octanol–water partition coefficient (Wildman–Crippen LogP) is 1.57. The molecule has 2 N–H and O–H groups in total. The zero-order chi connectivity index (χ0) is 11.4. The van der Waals surface area contributed by atoms with Crippen LogP contribution in [0.4, 0.5) is 0 Å². The molecule has 1 atom stereocenters. The summed E-state index contributed by atoms with van der Waals surface area (Å²) >= 11 is 0. The van der Waals surface area contributed by atoms with Gasteiger partial charge < -0.3 is 15.2 Å². The predicted molar refractivity (Wildman–Crippen MR) is 59.6 cm³/mol. The first-order valence-electron chi connectivity index (χ1n) is 5.44. The van der Waals surface area contributed by atoms with Gasteiger partial charge in [0.05, 0.1) is 6.04 Å². The van der Waals surface area contributed by atoms with Crippen LogP contribution in [0.2, 0.25) is 0 Å². The fraction of sp³-hybridized carbons (Fsp3) is 0.417. The molecule has 0 fully saturated rings. The molecule has 16 heavy (non-hydrogen) atoms. The van der Waals surface area contributed by atoms with E-state index in [1.165, 1.54) is 0 Å². The molecule has 4 heteroatoms. The van der Waals surface area contributed by atoms with Crippen LogP contribution in [0.1, 0.15) is 24.4 Å². The molecule has 1 heterocycles. The Kier molecular flexibility index (Phi) is 3.41. The van der Waals surface area contributed by atoms with Gasteiger partial charge in [0.2, 0.25) is 0 Å². The third kappa shape index (κ3) is 2.52. The van der Waals surface area contributed by atoms with Crippen molar-refractivity contribution in [2.75, 3.05) is 13.2 Å². The van der Waals surface area contributed by atoms with Crippen molar-refractivity contribution in [2.45, 2.75) is 18.9 Å². The maximum Gasteiger partial charge on any atom is 0.303 e. The van der Waals surface area contributed by atoms with E-state index in [4.69, 9.17) is 9.84 Å². The van der Waals surface area contributed by atoms with Crippen LogP contribution in [0.15, 0.2) is 24.3 Å². The number of ether oxygens (including phenoxy) is 1. The molecule has 1 aromatic rings. The molecule has 0 saturated carbocycles. The van der Waals surface area contributed by atoms with Crippen LogP contribution in [0.25, 0.3) is 0 Å². The molecular weight excluding hydrogens is 206 g/mol. The quantitative estimate of drug-likeness (QED) is 0.741. The zero-order valence-electron chi connectivity index (χ0n) is 8.98. The van der Waals surface area contributed by atoms with Crippen LogP contribution < -0.4 is 10.1 Å². The number of fused-ring (bicyclic) bond motifs is 1. The monoisotopic (exact) mass is 221 g/mol. The fourth-order valence-corrected chi connectivity index (χ4v) is 1.85. The summed E-state index contributed by atoms with van der Waals surface area (Å²) < 4.78 is 5.51. The van der Waals surface area contributed by atoms with Gasteiger partial charge in [0.15, 0.2) is 0 Å². The highest BCUT2D eigenvalue weighted by molar-refractivity contribution is 5.66. The fourth-order valence-electron chi connectivity index (χ4n) is 1.85. The normalized spacial score (nSPS) is 17.9. The molecule has 1 aromatic carbocycles. The number of hydrogen-bond donors (Lipinski definition) is 2. The lowest BCUT2D eigenvalue weighted by Gasteiger charge is -2.10. The first-order valence-corrected chi connectivity index (χ1v) is 5.44. The van der Waals surface area contributed by atoms with Gasteiger partial charge in [-0.25, -0.2) is 0 Å². The van der Waals surface area contributed by atoms with E-state index in [0.717, 1.165) is 11.3 Å². The summed E-state index contributed by atoms with van der Waals surface area (Å²) in [4.78, 5) is 10.3. The molecule has 2 rings (SSSR count). The number of carboxylic acids is 1. The molecule has 0 bridgehead atoms. The average molecular weight is 221 g/mol. The molecule has 0 saturated heterocycles. The highest BCUT2D eigenvalue weighted by Crippen LogP contribution is 2.31. The summed E-state index contributed by atoms with van der Waals surface area (Å²) in [5.41, 5.74) is 1.16. The highest BCUT2D eigenvalue weighted by atomic mass is 16.5. The summed E-state index contributed by atoms with van der Waals surface area (Å²) in [7, 11) is 0. The number of para-hydroxylation sites is 1. The zero-order valence-corrected chi connectivity index (χ0v) is 8.98. The second-order valence-electron chi connectivity index (χ2n) is 3.85. The van der Waals surface area contributed by atoms with Crippen molar-refractivity contribution >= 4 is 5.97 Å². The Bertz CT molecular complexity index is 378. The lowest BCUT2D eigenvalue weighted by molar-refractivity contribution is -0.137. The summed E-state index contributed by atoms with van der Waals surface area (Å²) in [5.74, 6) is 0.183. The number of aliphatic carboxylic acids is 1. The van der Waals surface area contributed by atoms with Gasteiger partial charge in [-0.05, 0) is 19.0 Å². The van der Waals surface area contributed by atoms with Gasteiger partial charge in [-0.1, -0.05) is 18.2 Å². The second-order valence-corrected chi connectivity index (χ2v) is 3.85. The summed E-state index contributed by atoms with van der Waals surface area (Å²) in [6, 6.07) is 8.13. The Labute approximate surface area is 94.2 Å². The lowest BCUT2D eigenvalue weighted by atomic mass is 10.1. The van der Waals surface area contributed by atoms with Gasteiger partial charge in [-0.2, -0.15) is 0 Å². The van der Waals surface area contributed by atoms with E-state index in [2.05, 4.69) is 5.32 Å². The number of carbonyl (C=O) groups is 1. The van der Waals surface area contributed by atoms with Gasteiger partial charge in [-0.3, -0.25) is 4.79 Å². The molecule has 1 aliphatic rings. The molecule has 0 radical (unpaired) electrons. The third-order valence-electron chi connectivity index (χ3n) is 2.66. The van der Waals surface area contributed by atoms with Crippen molar-refractivity contribution in [2.24, 2.45) is 0 Å². The smallest absolute Gasteiger partial charge is 0.303 e. The highest BCUT2D eigenvalue weighted by Gasteiger charge is 2.22. The number of nitrogens with one attached hydrogen (secondary N) is 1. The molecule has 0 amide bonds. The molecule has 86 valence electrons. The average Bonchev–Trinajstić information content (AvgIpc) is 2.68. The van der Waals surface area contributed by atoms with Crippen molar-refractivity contribution in [3.8, 4) is 5.75 Å². The Morgan fingerprint density at radius 2 is 2.31 bits per heavy atom. The molecule has 4 nitrogen and oxygen atoms in total. The van der Waals surface area contributed by atoms with Gasteiger partial charge >= 0.3 is 5.97 Å². The van der Waals surface area contributed by atoms with Gasteiger partial charge in [0.1, 0.15) is 12.4 Å². The maximum absolute atomic E-state index is 10.3. The van der Waals surface area contributed by atoms with Crippen LogP contribution in [0.3, 0.4) is 0 Å². The van der Waals surface area contributed by atoms with E-state index in [-0.39, 0.29) is 12.5 Å². The molecular formula is C12H15NO3. The summed E-state index contributed by atoms with van der Waals surface area (Å²) in [5, 5.41) is 11.8. The van der Waals surface area contributed by atoms with Gasteiger partial charge in [0.25, 0.3) is 0 Å². The van der Waals surface area contributed by atoms with Crippen LogP contribution in [0.5, 0.6) is 5.75 Å². The first-order chi connectivity index (χ1) is 7.77. The van der Waals surface area contributed by atoms with Crippen molar-refractivity contribution in [3.63, 3.8) is 0 Å². The Hall–Kier alpha value is -1.55. The molecule has 1 aliphatic heterocycles. The molecule has 0 spiro atoms.